The fourth-order valence-electron chi connectivity index (χ4n) is 1.75. The number of rotatable bonds is 6. The molecule has 0 aromatic carbocycles. The Bertz CT molecular complexity index is 661. The highest BCUT2D eigenvalue weighted by Gasteiger charge is 2.29. The summed E-state index contributed by atoms with van der Waals surface area (Å²) in [5, 5.41) is 1.87. The Kier molecular flexibility index (Phi) is 4.09. The molecule has 3 N–H and O–H groups in total. The van der Waals surface area contributed by atoms with Crippen LogP contribution in [0, 0.1) is 0 Å². The van der Waals surface area contributed by atoms with Gasteiger partial charge in [0.15, 0.2) is 10.8 Å². The minimum atomic E-state index is -3.61. The van der Waals surface area contributed by atoms with Crippen LogP contribution in [0.3, 0.4) is 0 Å². The summed E-state index contributed by atoms with van der Waals surface area (Å²) in [5.41, 5.74) is 2.36. The molecule has 9 heteroatoms. The van der Waals surface area contributed by atoms with Gasteiger partial charge in [-0.15, -0.1) is 11.3 Å². The molecule has 2 rings (SSSR count). The number of hydrazine groups is 1. The third-order valence-corrected chi connectivity index (χ3v) is 5.47. The van der Waals surface area contributed by atoms with Crippen LogP contribution in [0.15, 0.2) is 16.6 Å². The number of sulfonamides is 1. The van der Waals surface area contributed by atoms with E-state index in [0.29, 0.717) is 11.5 Å². The maximum absolute atomic E-state index is 12.6. The molecule has 0 radical (unpaired) electrons. The molecular weight excluding hydrogens is 286 g/mol. The van der Waals surface area contributed by atoms with E-state index in [1.54, 1.807) is 18.6 Å². The molecule has 2 aromatic rings. The molecule has 19 heavy (non-hydrogen) atoms. The van der Waals surface area contributed by atoms with Gasteiger partial charge in [-0.2, -0.15) is 9.29 Å². The minimum Gasteiger partial charge on any atom is -0.306 e. The van der Waals surface area contributed by atoms with E-state index in [4.69, 9.17) is 5.84 Å². The van der Waals surface area contributed by atoms with E-state index < -0.39 is 10.0 Å². The molecule has 2 aromatic heterocycles. The zero-order chi connectivity index (χ0) is 14.0. The van der Waals surface area contributed by atoms with Crippen LogP contribution >= 0.6 is 11.3 Å². The maximum Gasteiger partial charge on any atom is 0.262 e. The largest absolute Gasteiger partial charge is 0.306 e. The first-order chi connectivity index (χ1) is 9.02. The Morgan fingerprint density at radius 2 is 2.32 bits per heavy atom. The van der Waals surface area contributed by atoms with Crippen LogP contribution < -0.4 is 11.3 Å². The molecule has 0 amide bonds. The van der Waals surface area contributed by atoms with E-state index in [1.807, 2.05) is 6.92 Å². The predicted molar refractivity (Wildman–Crippen MR) is 75.6 cm³/mol. The van der Waals surface area contributed by atoms with E-state index in [2.05, 4.69) is 10.4 Å². The van der Waals surface area contributed by atoms with Crippen LogP contribution in [-0.2, 0) is 10.0 Å². The van der Waals surface area contributed by atoms with Crippen LogP contribution in [0.4, 0.5) is 5.82 Å². The second kappa shape index (κ2) is 5.45. The number of fused-ring (bicyclic) bond motifs is 1. The normalized spacial score (nSPS) is 12.4. The van der Waals surface area contributed by atoms with E-state index in [-0.39, 0.29) is 10.8 Å². The summed E-state index contributed by atoms with van der Waals surface area (Å²) in [5.74, 6) is 5.54. The van der Waals surface area contributed by atoms with Crippen molar-refractivity contribution in [3.8, 4) is 0 Å². The van der Waals surface area contributed by atoms with Crippen molar-refractivity contribution in [2.75, 3.05) is 19.0 Å². The molecule has 0 saturated heterocycles. The first kappa shape index (κ1) is 14.3. The summed E-state index contributed by atoms with van der Waals surface area (Å²) in [6.07, 6.45) is 3.42. The highest BCUT2D eigenvalue weighted by molar-refractivity contribution is 7.89. The molecule has 0 atom stereocenters. The van der Waals surface area contributed by atoms with E-state index in [1.165, 1.54) is 20.0 Å². The molecule has 0 aliphatic carbocycles. The van der Waals surface area contributed by atoms with Crippen molar-refractivity contribution in [2.24, 2.45) is 5.84 Å². The quantitative estimate of drug-likeness (QED) is 0.616. The van der Waals surface area contributed by atoms with Gasteiger partial charge in [0.2, 0.25) is 5.03 Å². The first-order valence-corrected chi connectivity index (χ1v) is 8.22. The van der Waals surface area contributed by atoms with Gasteiger partial charge in [0.25, 0.3) is 10.0 Å². The van der Waals surface area contributed by atoms with Crippen molar-refractivity contribution in [1.29, 1.82) is 0 Å². The van der Waals surface area contributed by atoms with Gasteiger partial charge in [-0.3, -0.25) is 4.40 Å². The average molecular weight is 303 g/mol. The number of hydrogen-bond donors (Lipinski definition) is 2. The van der Waals surface area contributed by atoms with Crippen molar-refractivity contribution in [2.45, 2.75) is 24.8 Å². The lowest BCUT2D eigenvalue weighted by atomic mass is 10.3. The zero-order valence-corrected chi connectivity index (χ0v) is 12.5. The molecule has 0 bridgehead atoms. The molecule has 0 spiro atoms. The van der Waals surface area contributed by atoms with Gasteiger partial charge in [0.05, 0.1) is 0 Å². The number of aromatic nitrogens is 2. The standard InChI is InChI=1S/C10H17N5O2S2/c1-3-4-5-14(2)19(16,17)9-8(13-11)12-10-15(9)6-7-18-10/h6-7,13H,3-5,11H2,1-2H3. The summed E-state index contributed by atoms with van der Waals surface area (Å²) in [4.78, 5) is 4.75. The number of nitrogen functional groups attached to an aromatic ring is 1. The van der Waals surface area contributed by atoms with Gasteiger partial charge in [0.1, 0.15) is 0 Å². The lowest BCUT2D eigenvalue weighted by molar-refractivity contribution is 0.456. The number of hydrogen-bond acceptors (Lipinski definition) is 6. The van der Waals surface area contributed by atoms with Gasteiger partial charge >= 0.3 is 0 Å². The Balaban J connectivity index is 2.49. The monoisotopic (exact) mass is 303 g/mol. The van der Waals surface area contributed by atoms with E-state index in [9.17, 15) is 8.42 Å². The Hall–Kier alpha value is -1.16. The smallest absolute Gasteiger partial charge is 0.262 e. The van der Waals surface area contributed by atoms with Gasteiger partial charge in [-0.25, -0.2) is 14.3 Å². The molecule has 106 valence electrons. The highest BCUT2D eigenvalue weighted by Crippen LogP contribution is 2.27. The minimum absolute atomic E-state index is 0.0878. The van der Waals surface area contributed by atoms with Crippen LogP contribution in [0.2, 0.25) is 0 Å². The summed E-state index contributed by atoms with van der Waals surface area (Å²) >= 11 is 1.36. The lowest BCUT2D eigenvalue weighted by Crippen LogP contribution is -2.29. The number of imidazole rings is 1. The fourth-order valence-corrected chi connectivity index (χ4v) is 3.94. The molecule has 2 heterocycles. The van der Waals surface area contributed by atoms with Crippen molar-refractivity contribution < 1.29 is 8.42 Å². The van der Waals surface area contributed by atoms with Crippen molar-refractivity contribution in [3.63, 3.8) is 0 Å². The van der Waals surface area contributed by atoms with Gasteiger partial charge < -0.3 is 5.43 Å². The molecule has 0 fully saturated rings. The van der Waals surface area contributed by atoms with Crippen LogP contribution in [0.25, 0.3) is 4.96 Å². The van der Waals surface area contributed by atoms with Crippen LogP contribution in [-0.4, -0.2) is 35.7 Å². The average Bonchev–Trinajstić information content (AvgIpc) is 2.94. The summed E-state index contributed by atoms with van der Waals surface area (Å²) in [7, 11) is -2.04. The SMILES string of the molecule is CCCCN(C)S(=O)(=O)c1c(NN)nc2sccn12. The fraction of sp³-hybridized carbons (Fsp3) is 0.500. The van der Waals surface area contributed by atoms with E-state index >= 15 is 0 Å². The number of nitrogens with zero attached hydrogens (tertiary/aromatic N) is 3. The van der Waals surface area contributed by atoms with Gasteiger partial charge in [-0.1, -0.05) is 13.3 Å². The maximum atomic E-state index is 12.6. The van der Waals surface area contributed by atoms with Gasteiger partial charge in [0, 0.05) is 25.2 Å². The third-order valence-electron chi connectivity index (χ3n) is 2.84. The second-order valence-electron chi connectivity index (χ2n) is 4.15. The van der Waals surface area contributed by atoms with E-state index in [0.717, 1.165) is 12.8 Å². The third kappa shape index (κ3) is 2.46. The Morgan fingerprint density at radius 1 is 1.58 bits per heavy atom. The molecule has 0 unspecified atom stereocenters. The van der Waals surface area contributed by atoms with Crippen LogP contribution in [0.5, 0.6) is 0 Å². The number of thiazole rings is 1. The Morgan fingerprint density at radius 3 is 2.95 bits per heavy atom. The number of nitrogens with one attached hydrogen (secondary N) is 1. The first-order valence-electron chi connectivity index (χ1n) is 5.91. The molecule has 0 aliphatic heterocycles. The van der Waals surface area contributed by atoms with Crippen molar-refractivity contribution in [3.05, 3.63) is 11.6 Å². The zero-order valence-electron chi connectivity index (χ0n) is 10.8. The second-order valence-corrected chi connectivity index (χ2v) is 6.98. The summed E-state index contributed by atoms with van der Waals surface area (Å²) < 4.78 is 28.0. The number of unbranched alkanes of at least 4 members (excludes halogenated alkanes) is 1. The molecule has 0 saturated carbocycles. The molecular formula is C10H17N5O2S2. The van der Waals surface area contributed by atoms with Crippen LogP contribution in [0.1, 0.15) is 19.8 Å². The highest BCUT2D eigenvalue weighted by atomic mass is 32.2. The Labute approximate surface area is 116 Å². The van der Waals surface area contributed by atoms with Gasteiger partial charge in [-0.05, 0) is 6.42 Å². The van der Waals surface area contributed by atoms with Crippen molar-refractivity contribution in [1.82, 2.24) is 13.7 Å². The summed E-state index contributed by atoms with van der Waals surface area (Å²) in [6, 6.07) is 0. The lowest BCUT2D eigenvalue weighted by Gasteiger charge is -2.16. The topological polar surface area (TPSA) is 92.7 Å². The number of anilines is 1. The number of nitrogens with two attached hydrogens (primary N) is 1. The van der Waals surface area contributed by atoms with Crippen molar-refractivity contribution >= 4 is 32.1 Å². The molecule has 7 nitrogen and oxygen atoms in total. The summed E-state index contributed by atoms with van der Waals surface area (Å²) in [6.45, 7) is 2.49. The predicted octanol–water partition coefficient (Wildman–Crippen LogP) is 1.10. The molecule has 0 aliphatic rings.